The number of furan rings is 1. The summed E-state index contributed by atoms with van der Waals surface area (Å²) in [6.45, 7) is 4.66. The summed E-state index contributed by atoms with van der Waals surface area (Å²) < 4.78 is 5.76. The van der Waals surface area contributed by atoms with Gasteiger partial charge in [-0.1, -0.05) is 30.3 Å². The third-order valence-electron chi connectivity index (χ3n) is 5.54. The van der Waals surface area contributed by atoms with Crippen LogP contribution in [0.15, 0.2) is 77.2 Å². The van der Waals surface area contributed by atoms with Crippen molar-refractivity contribution in [3.63, 3.8) is 0 Å². The van der Waals surface area contributed by atoms with Crippen LogP contribution in [0.2, 0.25) is 0 Å². The van der Waals surface area contributed by atoms with Crippen LogP contribution >= 0.6 is 12.2 Å². The zero-order valence-electron chi connectivity index (χ0n) is 18.9. The van der Waals surface area contributed by atoms with Gasteiger partial charge < -0.3 is 19.5 Å². The summed E-state index contributed by atoms with van der Waals surface area (Å²) >= 11 is 5.26. The van der Waals surface area contributed by atoms with Crippen LogP contribution in [0.5, 0.6) is 0 Å². The van der Waals surface area contributed by atoms with Gasteiger partial charge in [-0.3, -0.25) is 14.9 Å². The molecule has 1 aliphatic heterocycles. The van der Waals surface area contributed by atoms with E-state index in [1.54, 1.807) is 13.0 Å². The Kier molecular flexibility index (Phi) is 7.39. The molecule has 174 valence electrons. The minimum Gasteiger partial charge on any atom is -0.457 e. The first kappa shape index (κ1) is 23.3. The fourth-order valence-corrected chi connectivity index (χ4v) is 3.93. The van der Waals surface area contributed by atoms with E-state index in [2.05, 4.69) is 15.5 Å². The lowest BCUT2D eigenvalue weighted by Crippen LogP contribution is -2.48. The highest BCUT2D eigenvalue weighted by Gasteiger charge is 2.18. The second-order valence-corrected chi connectivity index (χ2v) is 8.29. The molecule has 2 amide bonds. The second kappa shape index (κ2) is 10.8. The Morgan fingerprint density at radius 3 is 2.32 bits per heavy atom. The summed E-state index contributed by atoms with van der Waals surface area (Å²) in [5.41, 5.74) is 2.83. The Morgan fingerprint density at radius 1 is 0.941 bits per heavy atom. The Bertz CT molecular complexity index is 1180. The molecule has 1 aromatic heterocycles. The first-order valence-corrected chi connectivity index (χ1v) is 11.4. The molecule has 0 unspecified atom stereocenters. The lowest BCUT2D eigenvalue weighted by Gasteiger charge is -2.35. The van der Waals surface area contributed by atoms with Crippen molar-refractivity contribution >= 4 is 46.6 Å². The van der Waals surface area contributed by atoms with E-state index in [1.807, 2.05) is 71.6 Å². The number of carbonyl (C=O) groups excluding carboxylic acids is 2. The Morgan fingerprint density at radius 2 is 1.65 bits per heavy atom. The van der Waals surface area contributed by atoms with Crippen molar-refractivity contribution < 1.29 is 14.0 Å². The molecule has 34 heavy (non-hydrogen) atoms. The second-order valence-electron chi connectivity index (χ2n) is 7.88. The van der Waals surface area contributed by atoms with E-state index in [-0.39, 0.29) is 16.9 Å². The van der Waals surface area contributed by atoms with Crippen LogP contribution in [0.4, 0.5) is 11.4 Å². The van der Waals surface area contributed by atoms with E-state index in [0.717, 1.165) is 48.9 Å². The summed E-state index contributed by atoms with van der Waals surface area (Å²) in [5.74, 6) is 1.08. The largest absolute Gasteiger partial charge is 0.457 e. The standard InChI is InChI=1S/C26H26N4O3S/c1-19(31)29-15-17-30(18-16-29)22-9-7-21(8-10-22)27-26(34)28-25(32)14-12-23-11-13-24(33-23)20-5-3-2-4-6-20/h2-14H,15-18H2,1H3,(H2,27,28,32,34)/b14-12+. The quantitative estimate of drug-likeness (QED) is 0.428. The van der Waals surface area contributed by atoms with Gasteiger partial charge in [0.15, 0.2) is 5.11 Å². The van der Waals surface area contributed by atoms with Crippen molar-refractivity contribution in [1.82, 2.24) is 10.2 Å². The van der Waals surface area contributed by atoms with Gasteiger partial charge in [0, 0.05) is 56.1 Å². The maximum Gasteiger partial charge on any atom is 0.250 e. The minimum absolute atomic E-state index is 0.116. The maximum atomic E-state index is 12.2. The van der Waals surface area contributed by atoms with Crippen LogP contribution in [-0.4, -0.2) is 48.0 Å². The van der Waals surface area contributed by atoms with Crippen LogP contribution in [-0.2, 0) is 9.59 Å². The van der Waals surface area contributed by atoms with Gasteiger partial charge in [-0.15, -0.1) is 0 Å². The summed E-state index contributed by atoms with van der Waals surface area (Å²) in [4.78, 5) is 27.8. The highest BCUT2D eigenvalue weighted by molar-refractivity contribution is 7.80. The molecule has 7 nitrogen and oxygen atoms in total. The number of rotatable bonds is 5. The van der Waals surface area contributed by atoms with Gasteiger partial charge in [-0.2, -0.15) is 0 Å². The van der Waals surface area contributed by atoms with Gasteiger partial charge >= 0.3 is 0 Å². The average Bonchev–Trinajstić information content (AvgIpc) is 3.33. The van der Waals surface area contributed by atoms with Crippen LogP contribution in [0.1, 0.15) is 12.7 Å². The Labute approximate surface area is 204 Å². The average molecular weight is 475 g/mol. The van der Waals surface area contributed by atoms with Gasteiger partial charge in [-0.25, -0.2) is 0 Å². The number of piperazine rings is 1. The Balaban J connectivity index is 1.25. The molecule has 0 bridgehead atoms. The molecule has 0 radical (unpaired) electrons. The first-order chi connectivity index (χ1) is 16.5. The van der Waals surface area contributed by atoms with Gasteiger partial charge in [0.1, 0.15) is 11.5 Å². The van der Waals surface area contributed by atoms with Crippen LogP contribution in [0.3, 0.4) is 0 Å². The fraction of sp³-hybridized carbons (Fsp3) is 0.192. The molecular weight excluding hydrogens is 448 g/mol. The highest BCUT2D eigenvalue weighted by atomic mass is 32.1. The van der Waals surface area contributed by atoms with Crippen LogP contribution < -0.4 is 15.5 Å². The number of benzene rings is 2. The van der Waals surface area contributed by atoms with Crippen LogP contribution in [0.25, 0.3) is 17.4 Å². The van der Waals surface area contributed by atoms with Crippen molar-refractivity contribution in [2.75, 3.05) is 36.4 Å². The van der Waals surface area contributed by atoms with Crippen molar-refractivity contribution in [2.45, 2.75) is 6.92 Å². The molecule has 0 atom stereocenters. The molecule has 1 aliphatic rings. The van der Waals surface area contributed by atoms with E-state index >= 15 is 0 Å². The highest BCUT2D eigenvalue weighted by Crippen LogP contribution is 2.22. The molecule has 8 heteroatoms. The topological polar surface area (TPSA) is 77.8 Å². The third-order valence-corrected chi connectivity index (χ3v) is 5.74. The normalized spacial score (nSPS) is 13.7. The summed E-state index contributed by atoms with van der Waals surface area (Å²) in [7, 11) is 0. The smallest absolute Gasteiger partial charge is 0.250 e. The zero-order valence-corrected chi connectivity index (χ0v) is 19.7. The maximum absolute atomic E-state index is 12.2. The van der Waals surface area contributed by atoms with Crippen molar-refractivity contribution in [2.24, 2.45) is 0 Å². The monoisotopic (exact) mass is 474 g/mol. The number of hydrogen-bond donors (Lipinski definition) is 2. The number of anilines is 2. The van der Waals surface area contributed by atoms with E-state index < -0.39 is 0 Å². The molecular formula is C26H26N4O3S. The Hall–Kier alpha value is -3.91. The minimum atomic E-state index is -0.352. The predicted molar refractivity (Wildman–Crippen MR) is 138 cm³/mol. The lowest BCUT2D eigenvalue weighted by atomic mass is 10.2. The van der Waals surface area contributed by atoms with Crippen molar-refractivity contribution in [1.29, 1.82) is 0 Å². The molecule has 4 rings (SSSR count). The van der Waals surface area contributed by atoms with Gasteiger partial charge in [0.05, 0.1) is 0 Å². The third kappa shape index (κ3) is 6.11. The van der Waals surface area contributed by atoms with Crippen molar-refractivity contribution in [3.05, 3.63) is 78.6 Å². The summed E-state index contributed by atoms with van der Waals surface area (Å²) in [6.07, 6.45) is 2.98. The number of nitrogens with one attached hydrogen (secondary N) is 2. The molecule has 1 fully saturated rings. The van der Waals surface area contributed by atoms with Gasteiger partial charge in [0.2, 0.25) is 11.8 Å². The lowest BCUT2D eigenvalue weighted by molar-refractivity contribution is -0.129. The van der Waals surface area contributed by atoms with Gasteiger partial charge in [-0.05, 0) is 54.7 Å². The SMILES string of the molecule is CC(=O)N1CCN(c2ccc(NC(=S)NC(=O)/C=C/c3ccc(-c4ccccc4)o3)cc2)CC1. The number of amides is 2. The molecule has 0 saturated carbocycles. The summed E-state index contributed by atoms with van der Waals surface area (Å²) in [6, 6.07) is 21.3. The predicted octanol–water partition coefficient (Wildman–Crippen LogP) is 4.14. The van der Waals surface area contributed by atoms with Crippen molar-refractivity contribution in [3.8, 4) is 11.3 Å². The van der Waals surface area contributed by atoms with E-state index in [0.29, 0.717) is 5.76 Å². The zero-order chi connectivity index (χ0) is 23.9. The van der Waals surface area contributed by atoms with Gasteiger partial charge in [0.25, 0.3) is 0 Å². The number of hydrogen-bond acceptors (Lipinski definition) is 5. The molecule has 2 N–H and O–H groups in total. The molecule has 0 aliphatic carbocycles. The van der Waals surface area contributed by atoms with E-state index in [4.69, 9.17) is 16.6 Å². The fourth-order valence-electron chi connectivity index (χ4n) is 3.71. The molecule has 1 saturated heterocycles. The molecule has 2 aromatic carbocycles. The summed E-state index contributed by atoms with van der Waals surface area (Å²) in [5, 5.41) is 5.87. The van der Waals surface area contributed by atoms with E-state index in [1.165, 1.54) is 6.08 Å². The van der Waals surface area contributed by atoms with E-state index in [9.17, 15) is 9.59 Å². The van der Waals surface area contributed by atoms with Crippen LogP contribution in [0, 0.1) is 0 Å². The number of nitrogens with zero attached hydrogens (tertiary/aromatic N) is 2. The molecule has 2 heterocycles. The molecule has 0 spiro atoms. The number of carbonyl (C=O) groups is 2. The number of thiocarbonyl (C=S) groups is 1. The first-order valence-electron chi connectivity index (χ1n) is 11.0. The molecule has 3 aromatic rings.